The molecule has 2 aromatic carbocycles. The first-order valence-corrected chi connectivity index (χ1v) is 8.46. The molecule has 1 amide bonds. The fraction of sp³-hybridized carbons (Fsp3) is 0.300. The highest BCUT2D eigenvalue weighted by Crippen LogP contribution is 2.18. The van der Waals surface area contributed by atoms with Crippen molar-refractivity contribution < 1.29 is 19.8 Å². The Hall–Kier alpha value is -2.86. The second-order valence-corrected chi connectivity index (χ2v) is 6.31. The predicted octanol–water partition coefficient (Wildman–Crippen LogP) is 2.28. The maximum absolute atomic E-state index is 12.1. The van der Waals surface area contributed by atoms with E-state index >= 15 is 0 Å². The number of carboxylic acid groups (broad SMARTS) is 1. The van der Waals surface area contributed by atoms with Gasteiger partial charge in [0.1, 0.15) is 0 Å². The van der Waals surface area contributed by atoms with Crippen molar-refractivity contribution >= 4 is 17.6 Å². The third-order valence-electron chi connectivity index (χ3n) is 4.15. The molecule has 0 fully saturated rings. The van der Waals surface area contributed by atoms with Crippen molar-refractivity contribution in [2.24, 2.45) is 0 Å². The van der Waals surface area contributed by atoms with Gasteiger partial charge in [-0.25, -0.2) is 4.79 Å². The normalized spacial score (nSPS) is 12.9. The molecule has 2 aromatic rings. The zero-order valence-corrected chi connectivity index (χ0v) is 15.0. The molecule has 0 bridgehead atoms. The number of nitrogens with zero attached hydrogens (tertiary/aromatic N) is 1. The maximum atomic E-state index is 12.1. The van der Waals surface area contributed by atoms with Crippen LogP contribution >= 0.6 is 0 Å². The van der Waals surface area contributed by atoms with E-state index in [4.69, 9.17) is 5.11 Å². The van der Waals surface area contributed by atoms with Crippen LogP contribution in [0.5, 0.6) is 0 Å². The molecule has 0 saturated heterocycles. The number of nitrogens with one attached hydrogen (secondary N) is 1. The van der Waals surface area contributed by atoms with E-state index in [9.17, 15) is 14.7 Å². The number of carbonyl (C=O) groups excluding carboxylic acids is 1. The Balaban J connectivity index is 2.02. The number of amides is 1. The first kappa shape index (κ1) is 19.5. The fourth-order valence-electron chi connectivity index (χ4n) is 2.44. The van der Waals surface area contributed by atoms with Gasteiger partial charge in [-0.1, -0.05) is 30.3 Å². The summed E-state index contributed by atoms with van der Waals surface area (Å²) in [6.07, 6.45) is 0. The van der Waals surface area contributed by atoms with E-state index in [1.54, 1.807) is 12.1 Å². The molecule has 0 spiro atoms. The van der Waals surface area contributed by atoms with Crippen LogP contribution in [-0.4, -0.2) is 40.8 Å². The van der Waals surface area contributed by atoms with Crippen LogP contribution in [0.3, 0.4) is 0 Å². The number of rotatable bonds is 8. The second-order valence-electron chi connectivity index (χ2n) is 6.31. The highest BCUT2D eigenvalue weighted by atomic mass is 16.4. The number of aliphatic hydroxyl groups is 1. The minimum atomic E-state index is -2.00. The van der Waals surface area contributed by atoms with E-state index in [1.807, 2.05) is 30.3 Å². The van der Waals surface area contributed by atoms with Crippen LogP contribution in [0.4, 0.5) is 5.69 Å². The largest absolute Gasteiger partial charge is 0.479 e. The predicted molar refractivity (Wildman–Crippen MR) is 100 cm³/mol. The zero-order valence-electron chi connectivity index (χ0n) is 15.0. The fourth-order valence-corrected chi connectivity index (χ4v) is 2.44. The number of hydrogen-bond acceptors (Lipinski definition) is 4. The van der Waals surface area contributed by atoms with Crippen molar-refractivity contribution in [3.8, 4) is 0 Å². The van der Waals surface area contributed by atoms with E-state index in [0.717, 1.165) is 25.7 Å². The molecule has 0 aliphatic heterocycles. The highest BCUT2D eigenvalue weighted by Gasteiger charge is 2.30. The molecular weight excluding hydrogens is 332 g/mol. The quantitative estimate of drug-likeness (QED) is 0.675. The smallest absolute Gasteiger partial charge is 0.337 e. The van der Waals surface area contributed by atoms with Crippen LogP contribution in [0.2, 0.25) is 0 Å². The molecule has 2 rings (SSSR count). The van der Waals surface area contributed by atoms with E-state index in [-0.39, 0.29) is 6.54 Å². The lowest BCUT2D eigenvalue weighted by Crippen LogP contribution is -2.46. The van der Waals surface area contributed by atoms with Crippen molar-refractivity contribution in [2.45, 2.75) is 26.0 Å². The lowest BCUT2D eigenvalue weighted by molar-refractivity contribution is -0.155. The van der Waals surface area contributed by atoms with Gasteiger partial charge in [0.2, 0.25) is 0 Å². The van der Waals surface area contributed by atoms with Gasteiger partial charge in [0.25, 0.3) is 5.91 Å². The average molecular weight is 356 g/mol. The van der Waals surface area contributed by atoms with Crippen LogP contribution in [0.1, 0.15) is 29.8 Å². The number of anilines is 1. The van der Waals surface area contributed by atoms with E-state index in [1.165, 1.54) is 5.56 Å². The Kier molecular flexibility index (Phi) is 6.36. The molecule has 26 heavy (non-hydrogen) atoms. The molecule has 138 valence electrons. The van der Waals surface area contributed by atoms with Gasteiger partial charge in [-0.15, -0.1) is 0 Å². The molecule has 0 heterocycles. The summed E-state index contributed by atoms with van der Waals surface area (Å²) in [5.41, 5.74) is 0.604. The summed E-state index contributed by atoms with van der Waals surface area (Å²) in [6, 6.07) is 17.2. The van der Waals surface area contributed by atoms with Crippen LogP contribution in [0.15, 0.2) is 54.6 Å². The highest BCUT2D eigenvalue weighted by molar-refractivity contribution is 5.95. The Morgan fingerprint density at radius 2 is 1.69 bits per heavy atom. The monoisotopic (exact) mass is 356 g/mol. The summed E-state index contributed by atoms with van der Waals surface area (Å²) in [5.74, 6) is -1.81. The van der Waals surface area contributed by atoms with Crippen molar-refractivity contribution in [2.75, 3.05) is 18.0 Å². The van der Waals surface area contributed by atoms with Crippen LogP contribution in [0, 0.1) is 0 Å². The van der Waals surface area contributed by atoms with Crippen molar-refractivity contribution in [1.29, 1.82) is 0 Å². The summed E-state index contributed by atoms with van der Waals surface area (Å²) in [5, 5.41) is 21.0. The van der Waals surface area contributed by atoms with Crippen molar-refractivity contribution in [1.82, 2.24) is 5.32 Å². The number of hydrogen-bond donors (Lipinski definition) is 3. The van der Waals surface area contributed by atoms with Crippen LogP contribution < -0.4 is 10.2 Å². The van der Waals surface area contributed by atoms with Gasteiger partial charge in [0.15, 0.2) is 5.60 Å². The minimum Gasteiger partial charge on any atom is -0.479 e. The third kappa shape index (κ3) is 5.07. The molecule has 0 aliphatic carbocycles. The van der Waals surface area contributed by atoms with Crippen molar-refractivity contribution in [3.63, 3.8) is 0 Å². The molecule has 1 atom stereocenters. The summed E-state index contributed by atoms with van der Waals surface area (Å²) < 4.78 is 0. The van der Waals surface area contributed by atoms with Gasteiger partial charge in [0.05, 0.1) is 6.54 Å². The van der Waals surface area contributed by atoms with Gasteiger partial charge in [-0.2, -0.15) is 0 Å². The van der Waals surface area contributed by atoms with Crippen LogP contribution in [0.25, 0.3) is 0 Å². The van der Waals surface area contributed by atoms with Gasteiger partial charge >= 0.3 is 5.97 Å². The third-order valence-corrected chi connectivity index (χ3v) is 4.15. The number of carbonyl (C=O) groups is 2. The molecule has 0 radical (unpaired) electrons. The molecule has 6 nitrogen and oxygen atoms in total. The number of aliphatic carboxylic acids is 1. The first-order valence-electron chi connectivity index (χ1n) is 8.46. The summed E-state index contributed by atoms with van der Waals surface area (Å²) in [4.78, 5) is 25.2. The van der Waals surface area contributed by atoms with Gasteiger partial charge in [-0.05, 0) is 43.7 Å². The summed E-state index contributed by atoms with van der Waals surface area (Å²) in [6.45, 7) is 4.43. The maximum Gasteiger partial charge on any atom is 0.337 e. The first-order chi connectivity index (χ1) is 12.3. The molecule has 1 unspecified atom stereocenters. The Labute approximate surface area is 153 Å². The molecule has 3 N–H and O–H groups in total. The Bertz CT molecular complexity index is 742. The number of benzene rings is 2. The van der Waals surface area contributed by atoms with E-state index in [2.05, 4.69) is 29.3 Å². The lowest BCUT2D eigenvalue weighted by atomic mass is 10.1. The van der Waals surface area contributed by atoms with Gasteiger partial charge in [0, 0.05) is 24.3 Å². The topological polar surface area (TPSA) is 89.9 Å². The average Bonchev–Trinajstić information content (AvgIpc) is 2.65. The summed E-state index contributed by atoms with van der Waals surface area (Å²) in [7, 11) is 0. The number of carboxylic acids is 1. The molecular formula is C20H24N2O4. The van der Waals surface area contributed by atoms with E-state index < -0.39 is 17.5 Å². The molecule has 0 aliphatic rings. The molecule has 0 aromatic heterocycles. The standard InChI is InChI=1S/C20H24N2O4/c1-3-22(13-15-7-5-4-6-8-15)17-11-9-16(10-12-17)18(23)21-14-20(2,26)19(24)25/h4-12,26H,3,13-14H2,1-2H3,(H,21,23)(H,24,25). The zero-order chi connectivity index (χ0) is 19.2. The Morgan fingerprint density at radius 1 is 1.08 bits per heavy atom. The molecule has 0 saturated carbocycles. The van der Waals surface area contributed by atoms with Gasteiger partial charge in [-0.3, -0.25) is 4.79 Å². The molecule has 6 heteroatoms. The van der Waals surface area contributed by atoms with E-state index in [0.29, 0.717) is 5.56 Å². The van der Waals surface area contributed by atoms with Gasteiger partial charge < -0.3 is 20.4 Å². The summed E-state index contributed by atoms with van der Waals surface area (Å²) >= 11 is 0. The SMILES string of the molecule is CCN(Cc1ccccc1)c1ccc(C(=O)NCC(C)(O)C(=O)O)cc1. The Morgan fingerprint density at radius 3 is 2.23 bits per heavy atom. The lowest BCUT2D eigenvalue weighted by Gasteiger charge is -2.23. The van der Waals surface area contributed by atoms with Crippen LogP contribution in [-0.2, 0) is 11.3 Å². The second kappa shape index (κ2) is 8.49. The minimum absolute atomic E-state index is 0.363. The van der Waals surface area contributed by atoms with Crippen molar-refractivity contribution in [3.05, 3.63) is 65.7 Å².